The highest BCUT2D eigenvalue weighted by molar-refractivity contribution is 5.77. The van der Waals surface area contributed by atoms with E-state index in [0.29, 0.717) is 37.7 Å². The molecule has 0 unspecified atom stereocenters. The van der Waals surface area contributed by atoms with E-state index in [1.807, 2.05) is 29.2 Å². The number of aryl methyl sites for hydroxylation is 1. The van der Waals surface area contributed by atoms with Crippen LogP contribution in [0.5, 0.6) is 0 Å². The van der Waals surface area contributed by atoms with Gasteiger partial charge in [0.25, 0.3) is 18.5 Å². The van der Waals surface area contributed by atoms with Crippen molar-refractivity contribution in [2.75, 3.05) is 32.8 Å². The smallest absolute Gasteiger partial charge is 0.290 e. The van der Waals surface area contributed by atoms with Crippen LogP contribution in [0.15, 0.2) is 29.1 Å². The van der Waals surface area contributed by atoms with E-state index in [4.69, 9.17) is 24.5 Å². The number of carboxylic acid groups (broad SMARTS) is 2. The van der Waals surface area contributed by atoms with Gasteiger partial charge < -0.3 is 24.8 Å². The van der Waals surface area contributed by atoms with Gasteiger partial charge in [-0.25, -0.2) is 4.98 Å². The molecule has 0 spiro atoms. The normalized spacial score (nSPS) is 20.1. The number of morpholine rings is 1. The summed E-state index contributed by atoms with van der Waals surface area (Å²) in [6.45, 7) is 5.43. The van der Waals surface area contributed by atoms with Crippen LogP contribution >= 0.6 is 0 Å². The Morgan fingerprint density at radius 3 is 2.62 bits per heavy atom. The summed E-state index contributed by atoms with van der Waals surface area (Å²) in [4.78, 5) is 53.1. The van der Waals surface area contributed by atoms with Crippen LogP contribution in [0.4, 0.5) is 0 Å². The molecule has 4 rings (SSSR count). The summed E-state index contributed by atoms with van der Waals surface area (Å²) in [5, 5.41) is 13.8. The molecular formula is C21H28N4O7. The number of fused-ring (bicyclic) bond motifs is 2. The molecule has 2 saturated heterocycles. The largest absolute Gasteiger partial charge is 0.483 e. The van der Waals surface area contributed by atoms with Gasteiger partial charge in [0.05, 0.1) is 30.3 Å². The van der Waals surface area contributed by atoms with Crippen LogP contribution in [0.3, 0.4) is 0 Å². The van der Waals surface area contributed by atoms with Crippen molar-refractivity contribution in [3.63, 3.8) is 0 Å². The molecule has 11 nitrogen and oxygen atoms in total. The summed E-state index contributed by atoms with van der Waals surface area (Å²) in [6, 6.07) is 8.12. The van der Waals surface area contributed by atoms with E-state index >= 15 is 0 Å². The number of amides is 1. The van der Waals surface area contributed by atoms with Crippen molar-refractivity contribution >= 4 is 29.9 Å². The molecule has 0 radical (unpaired) electrons. The maximum Gasteiger partial charge on any atom is 0.290 e. The Morgan fingerprint density at radius 2 is 1.91 bits per heavy atom. The zero-order valence-electron chi connectivity index (χ0n) is 17.8. The van der Waals surface area contributed by atoms with Crippen LogP contribution < -0.4 is 5.56 Å². The van der Waals surface area contributed by atoms with Crippen LogP contribution in [0.1, 0.15) is 19.0 Å². The van der Waals surface area contributed by atoms with Gasteiger partial charge in [0.1, 0.15) is 5.69 Å². The SMILES string of the molecule is C[C@H]1COC[C@H]2CN(C(=O)CCc3nc4ccccc4[nH]c3=O)CCN21.O=CO.O=CO. The fourth-order valence-corrected chi connectivity index (χ4v) is 3.92. The average molecular weight is 448 g/mol. The average Bonchev–Trinajstić information content (AvgIpc) is 2.78. The minimum Gasteiger partial charge on any atom is -0.483 e. The molecular weight excluding hydrogens is 420 g/mol. The predicted octanol–water partition coefficient (Wildman–Crippen LogP) is 0.189. The number of piperazine rings is 1. The van der Waals surface area contributed by atoms with Crippen molar-refractivity contribution in [3.8, 4) is 0 Å². The molecule has 1 amide bonds. The van der Waals surface area contributed by atoms with Crippen LogP contribution in [0.2, 0.25) is 0 Å². The van der Waals surface area contributed by atoms with Crippen molar-refractivity contribution in [2.45, 2.75) is 31.8 Å². The topological polar surface area (TPSA) is 153 Å². The number of hydrogen-bond acceptors (Lipinski definition) is 7. The first-order chi connectivity index (χ1) is 15.4. The van der Waals surface area contributed by atoms with Crippen LogP contribution in [0.25, 0.3) is 11.0 Å². The number of para-hydroxylation sites is 2. The minimum atomic E-state index is -0.250. The quantitative estimate of drug-likeness (QED) is 0.558. The lowest BCUT2D eigenvalue weighted by molar-refractivity contribution is -0.139. The second-order valence-corrected chi connectivity index (χ2v) is 7.36. The third kappa shape index (κ3) is 6.59. The number of aromatic nitrogens is 2. The Balaban J connectivity index is 0.000000547. The summed E-state index contributed by atoms with van der Waals surface area (Å²) < 4.78 is 5.63. The number of benzene rings is 1. The molecule has 2 atom stereocenters. The molecule has 2 fully saturated rings. The Morgan fingerprint density at radius 1 is 1.22 bits per heavy atom. The maximum atomic E-state index is 12.6. The first-order valence-corrected chi connectivity index (χ1v) is 10.2. The van der Waals surface area contributed by atoms with E-state index in [1.165, 1.54) is 0 Å². The summed E-state index contributed by atoms with van der Waals surface area (Å²) in [5.74, 6) is 0.0808. The zero-order valence-corrected chi connectivity index (χ0v) is 17.8. The Hall–Kier alpha value is -3.31. The van der Waals surface area contributed by atoms with E-state index in [-0.39, 0.29) is 30.5 Å². The highest BCUT2D eigenvalue weighted by Gasteiger charge is 2.34. The van der Waals surface area contributed by atoms with Crippen LogP contribution in [0, 0.1) is 0 Å². The first kappa shape index (κ1) is 25.0. The van der Waals surface area contributed by atoms with Gasteiger partial charge in [-0.05, 0) is 19.1 Å². The van der Waals surface area contributed by atoms with Crippen molar-refractivity contribution in [1.82, 2.24) is 19.8 Å². The van der Waals surface area contributed by atoms with Gasteiger partial charge in [-0.3, -0.25) is 24.1 Å². The number of aromatic amines is 1. The molecule has 1 aromatic carbocycles. The van der Waals surface area contributed by atoms with E-state index in [2.05, 4.69) is 21.8 Å². The molecule has 2 aromatic rings. The molecule has 3 N–H and O–H groups in total. The number of nitrogens with one attached hydrogen (secondary N) is 1. The third-order valence-electron chi connectivity index (χ3n) is 5.36. The standard InChI is InChI=1S/C19H24N4O3.2CH2O2/c1-13-11-26-12-14-10-22(8-9-23(13)14)18(24)7-6-17-19(25)21-16-5-3-2-4-15(16)20-17;2*2-1-3/h2-5,13-14H,6-12H2,1H3,(H,21,25);2*1H,(H,2,3)/t13-,14+;;/m0../s1. The second-order valence-electron chi connectivity index (χ2n) is 7.36. The summed E-state index contributed by atoms with van der Waals surface area (Å²) in [7, 11) is 0. The lowest BCUT2D eigenvalue weighted by Gasteiger charge is -2.47. The summed E-state index contributed by atoms with van der Waals surface area (Å²) in [5.41, 5.74) is 1.67. The number of nitrogens with zero attached hydrogens (tertiary/aromatic N) is 3. The number of rotatable bonds is 3. The highest BCUT2D eigenvalue weighted by atomic mass is 16.5. The van der Waals surface area contributed by atoms with E-state index in [1.54, 1.807) is 0 Å². The summed E-state index contributed by atoms with van der Waals surface area (Å²) >= 11 is 0. The number of carbonyl (C=O) groups excluding carboxylic acids is 1. The number of hydrogen-bond donors (Lipinski definition) is 3. The van der Waals surface area contributed by atoms with E-state index in [0.717, 1.165) is 30.7 Å². The highest BCUT2D eigenvalue weighted by Crippen LogP contribution is 2.19. The van der Waals surface area contributed by atoms with Gasteiger partial charge in [-0.1, -0.05) is 12.1 Å². The van der Waals surface area contributed by atoms with E-state index < -0.39 is 0 Å². The molecule has 1 aromatic heterocycles. The molecule has 0 saturated carbocycles. The molecule has 0 bridgehead atoms. The fourth-order valence-electron chi connectivity index (χ4n) is 3.92. The lowest BCUT2D eigenvalue weighted by atomic mass is 10.1. The van der Waals surface area contributed by atoms with Gasteiger partial charge in [-0.15, -0.1) is 0 Å². The number of carbonyl (C=O) groups is 3. The van der Waals surface area contributed by atoms with Gasteiger partial charge >= 0.3 is 0 Å². The molecule has 3 heterocycles. The minimum absolute atomic E-state index is 0.0808. The van der Waals surface area contributed by atoms with Crippen LogP contribution in [-0.4, -0.2) is 93.8 Å². The van der Waals surface area contributed by atoms with Crippen molar-refractivity contribution < 1.29 is 29.3 Å². The first-order valence-electron chi connectivity index (χ1n) is 10.2. The van der Waals surface area contributed by atoms with Gasteiger partial charge in [0, 0.05) is 38.5 Å². The monoisotopic (exact) mass is 448 g/mol. The molecule has 2 aliphatic rings. The number of ether oxygens (including phenoxy) is 1. The maximum absolute atomic E-state index is 12.6. The van der Waals surface area contributed by atoms with E-state index in [9.17, 15) is 9.59 Å². The Kier molecular flexibility index (Phi) is 9.76. The molecule has 2 aliphatic heterocycles. The third-order valence-corrected chi connectivity index (χ3v) is 5.36. The molecule has 11 heteroatoms. The predicted molar refractivity (Wildman–Crippen MR) is 115 cm³/mol. The van der Waals surface area contributed by atoms with Gasteiger partial charge in [0.15, 0.2) is 0 Å². The van der Waals surface area contributed by atoms with Crippen molar-refractivity contribution in [1.29, 1.82) is 0 Å². The second kappa shape index (κ2) is 12.5. The Labute approximate surface area is 184 Å². The van der Waals surface area contributed by atoms with Gasteiger partial charge in [-0.2, -0.15) is 0 Å². The van der Waals surface area contributed by atoms with Gasteiger partial charge in [0.2, 0.25) is 5.91 Å². The van der Waals surface area contributed by atoms with Crippen molar-refractivity contribution in [3.05, 3.63) is 40.3 Å². The summed E-state index contributed by atoms with van der Waals surface area (Å²) in [6.07, 6.45) is 0.661. The number of H-pyrrole nitrogens is 1. The Bertz CT molecular complexity index is 959. The molecule has 32 heavy (non-hydrogen) atoms. The zero-order chi connectivity index (χ0) is 23.5. The van der Waals surface area contributed by atoms with Crippen LogP contribution in [-0.2, 0) is 25.5 Å². The fraction of sp³-hybridized carbons (Fsp3) is 0.476. The van der Waals surface area contributed by atoms with Crippen molar-refractivity contribution in [2.24, 2.45) is 0 Å². The lowest BCUT2D eigenvalue weighted by Crippen LogP contribution is -2.62. The molecule has 174 valence electrons. The molecule has 0 aliphatic carbocycles.